The number of nitrogens with zero attached hydrogens (tertiary/aromatic N) is 3. The normalized spacial score (nSPS) is 21.9. The summed E-state index contributed by atoms with van der Waals surface area (Å²) >= 11 is 0. The number of aliphatic hydroxyl groups is 1. The number of nitrogens with one attached hydrogen (secondary N) is 1. The molecule has 3 aromatic rings. The number of carbonyl (C=O) groups excluding carboxylic acids is 1. The van der Waals surface area contributed by atoms with E-state index in [1.165, 1.54) is 16.5 Å². The summed E-state index contributed by atoms with van der Waals surface area (Å²) in [4.78, 5) is 25.8. The van der Waals surface area contributed by atoms with E-state index in [1.807, 2.05) is 35.5 Å². The number of carbonyl (C=O) groups is 1. The summed E-state index contributed by atoms with van der Waals surface area (Å²) in [6.07, 6.45) is 8.61. The van der Waals surface area contributed by atoms with Crippen LogP contribution < -0.4 is 4.74 Å². The van der Waals surface area contributed by atoms with Gasteiger partial charge in [0.25, 0.3) is 0 Å². The minimum atomic E-state index is -0.325. The van der Waals surface area contributed by atoms with E-state index in [4.69, 9.17) is 4.74 Å². The molecule has 0 bridgehead atoms. The third-order valence-corrected chi connectivity index (χ3v) is 8.34. The summed E-state index contributed by atoms with van der Waals surface area (Å²) in [6.45, 7) is 3.43. The Hall–Kier alpha value is -2.90. The molecule has 7 heteroatoms. The molecule has 4 heterocycles. The predicted molar refractivity (Wildman–Crippen MR) is 134 cm³/mol. The molecule has 3 aliphatic rings. The molecule has 0 radical (unpaired) electrons. The Kier molecular flexibility index (Phi) is 5.77. The van der Waals surface area contributed by atoms with Crippen LogP contribution in [0.3, 0.4) is 0 Å². The summed E-state index contributed by atoms with van der Waals surface area (Å²) in [6, 6.07) is 9.99. The number of pyridine rings is 1. The van der Waals surface area contributed by atoms with Gasteiger partial charge in [0.1, 0.15) is 5.75 Å². The molecule has 0 unspecified atom stereocenters. The fourth-order valence-corrected chi connectivity index (χ4v) is 6.25. The van der Waals surface area contributed by atoms with Crippen LogP contribution in [0.2, 0.25) is 0 Å². The van der Waals surface area contributed by atoms with Gasteiger partial charge < -0.3 is 19.7 Å². The van der Waals surface area contributed by atoms with E-state index in [-0.39, 0.29) is 24.0 Å². The minimum absolute atomic E-state index is 0.0728. The van der Waals surface area contributed by atoms with Crippen LogP contribution in [0.25, 0.3) is 10.9 Å². The van der Waals surface area contributed by atoms with Crippen molar-refractivity contribution in [3.63, 3.8) is 0 Å². The lowest BCUT2D eigenvalue weighted by Gasteiger charge is -2.50. The minimum Gasteiger partial charge on any atom is -0.497 e. The van der Waals surface area contributed by atoms with Gasteiger partial charge in [-0.15, -0.1) is 0 Å². The summed E-state index contributed by atoms with van der Waals surface area (Å²) in [7, 11) is 1.68. The summed E-state index contributed by atoms with van der Waals surface area (Å²) in [5.41, 5.74) is 4.42. The lowest BCUT2D eigenvalue weighted by atomic mass is 9.68. The number of aliphatic hydroxyl groups excluding tert-OH is 1. The molecule has 184 valence electrons. The molecule has 1 atom stereocenters. The van der Waals surface area contributed by atoms with Gasteiger partial charge in [0.15, 0.2) is 0 Å². The van der Waals surface area contributed by atoms with Crippen LogP contribution >= 0.6 is 0 Å². The Morgan fingerprint density at radius 2 is 2.09 bits per heavy atom. The topological polar surface area (TPSA) is 81.7 Å². The zero-order valence-electron chi connectivity index (χ0n) is 20.4. The average molecular weight is 475 g/mol. The Balaban J connectivity index is 1.37. The Labute approximate surface area is 206 Å². The maximum Gasteiger partial charge on any atom is 0.223 e. The molecule has 2 N–H and O–H groups in total. The molecule has 2 aliphatic heterocycles. The number of hydrogen-bond donors (Lipinski definition) is 2. The Morgan fingerprint density at radius 1 is 1.26 bits per heavy atom. The second-order valence-corrected chi connectivity index (χ2v) is 10.6. The maximum absolute atomic E-state index is 13.4. The lowest BCUT2D eigenvalue weighted by Crippen LogP contribution is -2.55. The van der Waals surface area contributed by atoms with Crippen LogP contribution in [0.4, 0.5) is 0 Å². The Bertz CT molecular complexity index is 1210. The van der Waals surface area contributed by atoms with Crippen LogP contribution in [-0.2, 0) is 16.8 Å². The second kappa shape index (κ2) is 8.95. The number of amides is 1. The average Bonchev–Trinajstić information content (AvgIpc) is 3.62. The fraction of sp³-hybridized carbons (Fsp3) is 0.500. The number of piperidine rings is 1. The molecule has 1 saturated heterocycles. The van der Waals surface area contributed by atoms with Crippen molar-refractivity contribution in [1.82, 2.24) is 19.8 Å². The van der Waals surface area contributed by atoms with Crippen LogP contribution in [0.5, 0.6) is 5.75 Å². The number of benzene rings is 1. The zero-order chi connectivity index (χ0) is 24.0. The van der Waals surface area contributed by atoms with E-state index in [9.17, 15) is 9.90 Å². The first-order valence-corrected chi connectivity index (χ1v) is 12.8. The number of aromatic amines is 1. The number of hydrogen-bond acceptors (Lipinski definition) is 5. The second-order valence-electron chi connectivity index (χ2n) is 10.6. The van der Waals surface area contributed by atoms with E-state index in [2.05, 4.69) is 27.0 Å². The number of likely N-dealkylation sites (tertiary alicyclic amines) is 1. The van der Waals surface area contributed by atoms with Crippen molar-refractivity contribution in [1.29, 1.82) is 0 Å². The molecular formula is C28H34N4O3. The molecule has 1 aromatic carbocycles. The first kappa shape index (κ1) is 22.6. The lowest BCUT2D eigenvalue weighted by molar-refractivity contribution is -0.137. The molecule has 1 aliphatic carbocycles. The van der Waals surface area contributed by atoms with E-state index in [0.29, 0.717) is 18.9 Å². The van der Waals surface area contributed by atoms with Gasteiger partial charge >= 0.3 is 0 Å². The van der Waals surface area contributed by atoms with E-state index < -0.39 is 0 Å². The number of methoxy groups -OCH3 is 1. The molecule has 6 rings (SSSR count). The molecule has 2 fully saturated rings. The third-order valence-electron chi connectivity index (χ3n) is 8.34. The van der Waals surface area contributed by atoms with Crippen LogP contribution in [0.1, 0.15) is 55.0 Å². The summed E-state index contributed by atoms with van der Waals surface area (Å²) in [5.74, 6) is 1.51. The highest BCUT2D eigenvalue weighted by Crippen LogP contribution is 2.49. The molecule has 35 heavy (non-hydrogen) atoms. The van der Waals surface area contributed by atoms with Crippen molar-refractivity contribution in [3.05, 3.63) is 59.5 Å². The first-order valence-electron chi connectivity index (χ1n) is 12.8. The summed E-state index contributed by atoms with van der Waals surface area (Å²) in [5, 5.41) is 11.7. The van der Waals surface area contributed by atoms with Gasteiger partial charge in [-0.2, -0.15) is 0 Å². The molecule has 1 amide bonds. The van der Waals surface area contributed by atoms with Gasteiger partial charge in [0, 0.05) is 60.0 Å². The van der Waals surface area contributed by atoms with E-state index in [0.717, 1.165) is 62.3 Å². The highest BCUT2D eigenvalue weighted by atomic mass is 16.5. The van der Waals surface area contributed by atoms with Gasteiger partial charge in [-0.05, 0) is 74.0 Å². The van der Waals surface area contributed by atoms with Gasteiger partial charge in [-0.25, -0.2) is 0 Å². The molecular weight excluding hydrogens is 440 g/mol. The van der Waals surface area contributed by atoms with Crippen LogP contribution in [-0.4, -0.2) is 64.1 Å². The predicted octanol–water partition coefficient (Wildman–Crippen LogP) is 3.78. The molecule has 7 nitrogen and oxygen atoms in total. The van der Waals surface area contributed by atoms with Crippen LogP contribution in [0, 0.1) is 5.92 Å². The highest BCUT2D eigenvalue weighted by Gasteiger charge is 2.49. The Morgan fingerprint density at radius 3 is 2.77 bits per heavy atom. The van der Waals surface area contributed by atoms with Crippen molar-refractivity contribution >= 4 is 16.8 Å². The standard InChI is InChI=1S/C28H34N4O3/c1-35-21-6-7-22-23(14-21)30-27-24(17-33)32(25(34)13-19-4-5-19)18-28(26(22)27)8-11-31(12-9-28)16-20-3-2-10-29-15-20/h2-3,6-7,10,14-15,19,24,30,33H,4-5,8-9,11-13,16-18H2,1H3/t24-/m0/s1. The van der Waals surface area contributed by atoms with Crippen molar-refractivity contribution in [3.8, 4) is 5.75 Å². The monoisotopic (exact) mass is 474 g/mol. The number of aromatic nitrogens is 2. The van der Waals surface area contributed by atoms with Gasteiger partial charge in [0.05, 0.1) is 19.8 Å². The first-order chi connectivity index (χ1) is 17.1. The van der Waals surface area contributed by atoms with Crippen molar-refractivity contribution in [2.24, 2.45) is 5.92 Å². The third kappa shape index (κ3) is 4.10. The van der Waals surface area contributed by atoms with Crippen molar-refractivity contribution < 1.29 is 14.6 Å². The van der Waals surface area contributed by atoms with Gasteiger partial charge in [0.2, 0.25) is 5.91 Å². The zero-order valence-corrected chi connectivity index (χ0v) is 20.4. The van der Waals surface area contributed by atoms with E-state index in [1.54, 1.807) is 7.11 Å². The van der Waals surface area contributed by atoms with E-state index >= 15 is 0 Å². The van der Waals surface area contributed by atoms with Crippen molar-refractivity contribution in [2.75, 3.05) is 33.4 Å². The number of H-pyrrole nitrogens is 1. The van der Waals surface area contributed by atoms with Crippen molar-refractivity contribution in [2.45, 2.75) is 50.1 Å². The smallest absolute Gasteiger partial charge is 0.223 e. The quantitative estimate of drug-likeness (QED) is 0.568. The fourth-order valence-electron chi connectivity index (χ4n) is 6.25. The van der Waals surface area contributed by atoms with Gasteiger partial charge in [-0.3, -0.25) is 14.7 Å². The largest absolute Gasteiger partial charge is 0.497 e. The number of ether oxygens (including phenoxy) is 1. The molecule has 2 aromatic heterocycles. The number of rotatable bonds is 6. The molecule has 1 spiro atoms. The number of fused-ring (bicyclic) bond motifs is 4. The van der Waals surface area contributed by atoms with Gasteiger partial charge in [-0.1, -0.05) is 6.07 Å². The summed E-state index contributed by atoms with van der Waals surface area (Å²) < 4.78 is 5.48. The van der Waals surface area contributed by atoms with Crippen LogP contribution in [0.15, 0.2) is 42.7 Å². The highest BCUT2D eigenvalue weighted by molar-refractivity contribution is 5.89. The molecule has 1 saturated carbocycles. The maximum atomic E-state index is 13.4. The SMILES string of the molecule is COc1ccc2c3c([nH]c2c1)[C@H](CO)N(C(=O)CC1CC1)CC31CCN(Cc2cccnc2)CC1.